The first-order chi connectivity index (χ1) is 9.84. The van der Waals surface area contributed by atoms with Gasteiger partial charge in [0.2, 0.25) is 0 Å². The molecule has 3 nitrogen and oxygen atoms in total. The second-order valence-electron chi connectivity index (χ2n) is 5.83. The molecule has 1 aliphatic carbocycles. The first-order valence-electron chi connectivity index (χ1n) is 7.66. The van der Waals surface area contributed by atoms with Crippen LogP contribution in [-0.2, 0) is 18.3 Å². The zero-order valence-electron chi connectivity index (χ0n) is 12.3. The summed E-state index contributed by atoms with van der Waals surface area (Å²) in [5.41, 5.74) is 2.68. The van der Waals surface area contributed by atoms with E-state index in [-0.39, 0.29) is 0 Å². The van der Waals surface area contributed by atoms with Crippen LogP contribution in [0.15, 0.2) is 30.5 Å². The molecule has 3 heteroatoms. The third kappa shape index (κ3) is 3.41. The maximum Gasteiger partial charge on any atom is 0.0494 e. The highest BCUT2D eigenvalue weighted by atomic mass is 16.5. The molecule has 1 aliphatic rings. The number of nitrogens with zero attached hydrogens (tertiary/aromatic N) is 1. The third-order valence-corrected chi connectivity index (χ3v) is 3.99. The number of hydrogen-bond acceptors (Lipinski definition) is 2. The predicted molar refractivity (Wildman–Crippen MR) is 82.8 cm³/mol. The summed E-state index contributed by atoms with van der Waals surface area (Å²) < 4.78 is 7.84. The first-order valence-corrected chi connectivity index (χ1v) is 7.66. The summed E-state index contributed by atoms with van der Waals surface area (Å²) in [5.74, 6) is 0.874. The fraction of sp³-hybridized carbons (Fsp3) is 0.529. The highest BCUT2D eigenvalue weighted by Crippen LogP contribution is 2.28. The molecule has 1 saturated carbocycles. The first kappa shape index (κ1) is 13.7. The standard InChI is InChI=1S/C17H24N2O/c1-19-12-15(16-5-2-3-6-17(16)19)11-18-9-4-10-20-13-14-7-8-14/h2-3,5-6,12,14,18H,4,7-11,13H2,1H3. The van der Waals surface area contributed by atoms with Gasteiger partial charge >= 0.3 is 0 Å². The summed E-state index contributed by atoms with van der Waals surface area (Å²) in [7, 11) is 2.11. The molecular weight excluding hydrogens is 248 g/mol. The van der Waals surface area contributed by atoms with E-state index in [1.165, 1.54) is 29.3 Å². The molecule has 0 bridgehead atoms. The van der Waals surface area contributed by atoms with E-state index >= 15 is 0 Å². The summed E-state index contributed by atoms with van der Waals surface area (Å²) in [6.45, 7) is 3.82. The van der Waals surface area contributed by atoms with Crippen LogP contribution in [0.1, 0.15) is 24.8 Å². The molecule has 1 fully saturated rings. The van der Waals surface area contributed by atoms with Crippen molar-refractivity contribution in [1.82, 2.24) is 9.88 Å². The van der Waals surface area contributed by atoms with E-state index in [0.717, 1.165) is 38.6 Å². The number of fused-ring (bicyclic) bond motifs is 1. The van der Waals surface area contributed by atoms with Gasteiger partial charge in [-0.3, -0.25) is 0 Å². The molecular formula is C17H24N2O. The lowest BCUT2D eigenvalue weighted by molar-refractivity contribution is 0.122. The van der Waals surface area contributed by atoms with Gasteiger partial charge in [0.1, 0.15) is 0 Å². The lowest BCUT2D eigenvalue weighted by Crippen LogP contribution is -2.16. The Kier molecular flexibility index (Phi) is 4.38. The summed E-state index contributed by atoms with van der Waals surface area (Å²) in [6, 6.07) is 8.57. The van der Waals surface area contributed by atoms with Crippen LogP contribution < -0.4 is 5.32 Å². The third-order valence-electron chi connectivity index (χ3n) is 3.99. The van der Waals surface area contributed by atoms with E-state index in [1.807, 2.05) is 0 Å². The average Bonchev–Trinajstić information content (AvgIpc) is 3.24. The van der Waals surface area contributed by atoms with Crippen molar-refractivity contribution in [1.29, 1.82) is 0 Å². The average molecular weight is 272 g/mol. The van der Waals surface area contributed by atoms with Gasteiger partial charge in [0.05, 0.1) is 0 Å². The number of benzene rings is 1. The van der Waals surface area contributed by atoms with Crippen LogP contribution in [0.5, 0.6) is 0 Å². The topological polar surface area (TPSA) is 26.2 Å². The molecule has 0 amide bonds. The number of hydrogen-bond donors (Lipinski definition) is 1. The van der Waals surface area contributed by atoms with E-state index in [0.29, 0.717) is 0 Å². The van der Waals surface area contributed by atoms with Crippen LogP contribution >= 0.6 is 0 Å². The van der Waals surface area contributed by atoms with Gasteiger partial charge in [-0.2, -0.15) is 0 Å². The lowest BCUT2D eigenvalue weighted by atomic mass is 10.2. The summed E-state index contributed by atoms with van der Waals surface area (Å²) in [5, 5.41) is 4.87. The Bertz CT molecular complexity index is 557. The van der Waals surface area contributed by atoms with Gasteiger partial charge in [0, 0.05) is 43.9 Å². The molecule has 0 atom stereocenters. The smallest absolute Gasteiger partial charge is 0.0494 e. The summed E-state index contributed by atoms with van der Waals surface area (Å²) in [6.07, 6.45) is 6.07. The Hall–Kier alpha value is -1.32. The summed E-state index contributed by atoms with van der Waals surface area (Å²) >= 11 is 0. The quantitative estimate of drug-likeness (QED) is 0.747. The minimum Gasteiger partial charge on any atom is -0.381 e. The monoisotopic (exact) mass is 272 g/mol. The number of aromatic nitrogens is 1. The molecule has 1 aromatic carbocycles. The Morgan fingerprint density at radius 2 is 2.15 bits per heavy atom. The molecule has 108 valence electrons. The van der Waals surface area contributed by atoms with Gasteiger partial charge in [-0.1, -0.05) is 18.2 Å². The second-order valence-corrected chi connectivity index (χ2v) is 5.83. The van der Waals surface area contributed by atoms with Crippen molar-refractivity contribution >= 4 is 10.9 Å². The minimum absolute atomic E-state index is 0.874. The van der Waals surface area contributed by atoms with Crippen LogP contribution in [0.25, 0.3) is 10.9 Å². The molecule has 20 heavy (non-hydrogen) atoms. The maximum absolute atomic E-state index is 5.64. The van der Waals surface area contributed by atoms with Gasteiger partial charge in [0.15, 0.2) is 0 Å². The SMILES string of the molecule is Cn1cc(CNCCCOCC2CC2)c2ccccc21. The maximum atomic E-state index is 5.64. The van der Waals surface area contributed by atoms with Gasteiger partial charge in [-0.15, -0.1) is 0 Å². The van der Waals surface area contributed by atoms with Crippen molar-refractivity contribution in [2.24, 2.45) is 13.0 Å². The molecule has 2 aromatic rings. The number of rotatable bonds is 8. The molecule has 0 radical (unpaired) electrons. The van der Waals surface area contributed by atoms with Gasteiger partial charge in [0.25, 0.3) is 0 Å². The van der Waals surface area contributed by atoms with E-state index in [4.69, 9.17) is 4.74 Å². The predicted octanol–water partition coefficient (Wildman–Crippen LogP) is 3.08. The van der Waals surface area contributed by atoms with Gasteiger partial charge in [-0.25, -0.2) is 0 Å². The zero-order chi connectivity index (χ0) is 13.8. The van der Waals surface area contributed by atoms with Crippen molar-refractivity contribution < 1.29 is 4.74 Å². The summed E-state index contributed by atoms with van der Waals surface area (Å²) in [4.78, 5) is 0. The van der Waals surface area contributed by atoms with Crippen molar-refractivity contribution in [3.8, 4) is 0 Å². The van der Waals surface area contributed by atoms with Crippen molar-refractivity contribution in [3.63, 3.8) is 0 Å². The van der Waals surface area contributed by atoms with Crippen LogP contribution in [0, 0.1) is 5.92 Å². The highest BCUT2D eigenvalue weighted by molar-refractivity contribution is 5.83. The number of para-hydroxylation sites is 1. The fourth-order valence-corrected chi connectivity index (χ4v) is 2.62. The van der Waals surface area contributed by atoms with Crippen molar-refractivity contribution in [2.45, 2.75) is 25.8 Å². The van der Waals surface area contributed by atoms with Gasteiger partial charge < -0.3 is 14.6 Å². The van der Waals surface area contributed by atoms with Crippen molar-refractivity contribution in [2.75, 3.05) is 19.8 Å². The number of nitrogens with one attached hydrogen (secondary N) is 1. The molecule has 1 heterocycles. The van der Waals surface area contributed by atoms with Crippen molar-refractivity contribution in [3.05, 3.63) is 36.0 Å². The van der Waals surface area contributed by atoms with Gasteiger partial charge in [-0.05, 0) is 43.4 Å². The largest absolute Gasteiger partial charge is 0.381 e. The molecule has 1 aromatic heterocycles. The molecule has 0 saturated heterocycles. The van der Waals surface area contributed by atoms with Crippen LogP contribution in [0.3, 0.4) is 0 Å². The normalized spacial score (nSPS) is 15.1. The second kappa shape index (κ2) is 6.42. The molecule has 0 spiro atoms. The van der Waals surface area contributed by atoms with E-state index in [2.05, 4.69) is 47.4 Å². The number of ether oxygens (including phenoxy) is 1. The zero-order valence-corrected chi connectivity index (χ0v) is 12.3. The minimum atomic E-state index is 0.874. The van der Waals surface area contributed by atoms with E-state index < -0.39 is 0 Å². The van der Waals surface area contributed by atoms with E-state index in [9.17, 15) is 0 Å². The Morgan fingerprint density at radius 1 is 1.30 bits per heavy atom. The number of aryl methyl sites for hydroxylation is 1. The molecule has 3 rings (SSSR count). The van der Waals surface area contributed by atoms with Crippen LogP contribution in [0.2, 0.25) is 0 Å². The highest BCUT2D eigenvalue weighted by Gasteiger charge is 2.20. The van der Waals surface area contributed by atoms with E-state index in [1.54, 1.807) is 0 Å². The Morgan fingerprint density at radius 3 is 3.00 bits per heavy atom. The molecule has 0 unspecified atom stereocenters. The fourth-order valence-electron chi connectivity index (χ4n) is 2.62. The molecule has 0 aliphatic heterocycles. The lowest BCUT2D eigenvalue weighted by Gasteiger charge is -2.05. The van der Waals surface area contributed by atoms with Crippen LogP contribution in [-0.4, -0.2) is 24.3 Å². The molecule has 1 N–H and O–H groups in total. The Balaban J connectivity index is 1.40. The van der Waals surface area contributed by atoms with Crippen LogP contribution in [0.4, 0.5) is 0 Å². The Labute approximate surface area is 120 Å².